The molecule has 2 rings (SSSR count). The van der Waals surface area contributed by atoms with Gasteiger partial charge in [0.25, 0.3) is 0 Å². The number of pyridine rings is 1. The molecule has 0 aliphatic carbocycles. The quantitative estimate of drug-likeness (QED) is 0.625. The lowest BCUT2D eigenvalue weighted by molar-refractivity contribution is 0.103. The molecule has 1 heterocycles. The average Bonchev–Trinajstić information content (AvgIpc) is 2.46. The Morgan fingerprint density at radius 3 is 2.50 bits per heavy atom. The summed E-state index contributed by atoms with van der Waals surface area (Å²) < 4.78 is 5.06. The number of thioether (sulfide) groups is 1. The number of hydrogen-bond donors (Lipinski definition) is 0. The summed E-state index contributed by atoms with van der Waals surface area (Å²) in [6.07, 6.45) is 5.13. The molecule has 0 atom stereocenters. The van der Waals surface area contributed by atoms with Gasteiger partial charge in [0.15, 0.2) is 5.78 Å². The van der Waals surface area contributed by atoms with Crippen molar-refractivity contribution >= 4 is 17.5 Å². The summed E-state index contributed by atoms with van der Waals surface area (Å²) in [6.45, 7) is 0. The van der Waals surface area contributed by atoms with Gasteiger partial charge in [-0.1, -0.05) is 0 Å². The number of aromatic nitrogens is 1. The fourth-order valence-electron chi connectivity index (χ4n) is 1.56. The molecule has 1 aromatic carbocycles. The number of rotatable bonds is 4. The van der Waals surface area contributed by atoms with E-state index in [2.05, 4.69) is 4.98 Å². The molecule has 0 aliphatic rings. The van der Waals surface area contributed by atoms with E-state index in [0.29, 0.717) is 16.9 Å². The summed E-state index contributed by atoms with van der Waals surface area (Å²) in [5.74, 6) is 0.538. The highest BCUT2D eigenvalue weighted by Gasteiger charge is 2.10. The van der Waals surface area contributed by atoms with Gasteiger partial charge in [-0.2, -0.15) is 0 Å². The zero-order valence-electron chi connectivity index (χ0n) is 10.2. The number of ketones is 1. The van der Waals surface area contributed by atoms with Gasteiger partial charge in [0.05, 0.1) is 13.3 Å². The normalized spacial score (nSPS) is 10.1. The third kappa shape index (κ3) is 2.71. The van der Waals surface area contributed by atoms with Crippen LogP contribution < -0.4 is 4.74 Å². The molecule has 0 N–H and O–H groups in total. The van der Waals surface area contributed by atoms with E-state index in [-0.39, 0.29) is 5.78 Å². The fraction of sp³-hybridized carbons (Fsp3) is 0.143. The summed E-state index contributed by atoms with van der Waals surface area (Å²) in [7, 11) is 1.55. The maximum Gasteiger partial charge on any atom is 0.194 e. The average molecular weight is 259 g/mol. The second-order valence-corrected chi connectivity index (χ2v) is 4.55. The Labute approximate surface area is 110 Å². The molecule has 0 unspecified atom stereocenters. The Bertz CT molecular complexity index is 552. The van der Waals surface area contributed by atoms with Crippen molar-refractivity contribution < 1.29 is 9.53 Å². The molecule has 0 spiro atoms. The lowest BCUT2D eigenvalue weighted by Gasteiger charge is -2.04. The van der Waals surface area contributed by atoms with Gasteiger partial charge >= 0.3 is 0 Å². The van der Waals surface area contributed by atoms with E-state index < -0.39 is 0 Å². The predicted molar refractivity (Wildman–Crippen MR) is 72.4 cm³/mol. The van der Waals surface area contributed by atoms with Crippen molar-refractivity contribution in [2.24, 2.45) is 0 Å². The zero-order valence-corrected chi connectivity index (χ0v) is 11.0. The highest BCUT2D eigenvalue weighted by Crippen LogP contribution is 2.18. The highest BCUT2D eigenvalue weighted by molar-refractivity contribution is 7.98. The van der Waals surface area contributed by atoms with E-state index in [1.54, 1.807) is 37.3 Å². The molecule has 0 amide bonds. The first-order chi connectivity index (χ1) is 8.74. The second-order valence-electron chi connectivity index (χ2n) is 3.67. The zero-order chi connectivity index (χ0) is 13.0. The summed E-state index contributed by atoms with van der Waals surface area (Å²) in [4.78, 5) is 17.3. The van der Waals surface area contributed by atoms with Crippen LogP contribution in [0, 0.1) is 0 Å². The van der Waals surface area contributed by atoms with Gasteiger partial charge in [-0.05, 0) is 36.6 Å². The molecule has 2 aromatic rings. The number of benzene rings is 1. The molecule has 0 saturated carbocycles. The third-order valence-corrected chi connectivity index (χ3v) is 3.31. The van der Waals surface area contributed by atoms with Crippen LogP contribution in [0.4, 0.5) is 0 Å². The first kappa shape index (κ1) is 12.6. The molecular formula is C14H13NO2S. The van der Waals surface area contributed by atoms with Crippen LogP contribution in [0.1, 0.15) is 15.9 Å². The molecule has 0 bridgehead atoms. The summed E-state index contributed by atoms with van der Waals surface area (Å²) in [6, 6.07) is 9.22. The Balaban J connectivity index is 2.29. The lowest BCUT2D eigenvalue weighted by atomic mass is 10.1. The topological polar surface area (TPSA) is 39.2 Å². The number of carbonyl (C=O) groups is 1. The third-order valence-electron chi connectivity index (χ3n) is 2.56. The van der Waals surface area contributed by atoms with Gasteiger partial charge in [0, 0.05) is 22.2 Å². The molecule has 0 aliphatic heterocycles. The number of carbonyl (C=O) groups excluding carboxylic acids is 1. The van der Waals surface area contributed by atoms with Crippen LogP contribution >= 0.6 is 11.8 Å². The molecular weight excluding hydrogens is 246 g/mol. The Morgan fingerprint density at radius 1 is 1.17 bits per heavy atom. The van der Waals surface area contributed by atoms with Crippen molar-refractivity contribution in [1.29, 1.82) is 0 Å². The lowest BCUT2D eigenvalue weighted by Crippen LogP contribution is -2.02. The van der Waals surface area contributed by atoms with Crippen LogP contribution in [0.3, 0.4) is 0 Å². The van der Waals surface area contributed by atoms with Crippen LogP contribution in [-0.4, -0.2) is 24.1 Å². The Kier molecular flexibility index (Phi) is 3.99. The van der Waals surface area contributed by atoms with Gasteiger partial charge in [-0.3, -0.25) is 9.78 Å². The van der Waals surface area contributed by atoms with Crippen LogP contribution in [0.2, 0.25) is 0 Å². The van der Waals surface area contributed by atoms with Gasteiger partial charge in [0.2, 0.25) is 0 Å². The largest absolute Gasteiger partial charge is 0.495 e. The minimum Gasteiger partial charge on any atom is -0.495 e. The molecule has 0 fully saturated rings. The molecule has 0 radical (unpaired) electrons. The molecule has 4 heteroatoms. The van der Waals surface area contributed by atoms with E-state index in [1.807, 2.05) is 30.5 Å². The van der Waals surface area contributed by atoms with Crippen LogP contribution in [0.25, 0.3) is 0 Å². The first-order valence-corrected chi connectivity index (χ1v) is 6.65. The summed E-state index contributed by atoms with van der Waals surface area (Å²) >= 11 is 1.65. The fourth-order valence-corrected chi connectivity index (χ4v) is 1.97. The van der Waals surface area contributed by atoms with E-state index in [1.165, 1.54) is 0 Å². The molecule has 1 aromatic heterocycles. The van der Waals surface area contributed by atoms with E-state index >= 15 is 0 Å². The minimum atomic E-state index is -0.0472. The highest BCUT2D eigenvalue weighted by atomic mass is 32.2. The van der Waals surface area contributed by atoms with Crippen molar-refractivity contribution in [3.8, 4) is 5.75 Å². The Morgan fingerprint density at radius 2 is 1.89 bits per heavy atom. The number of nitrogens with zero attached hydrogens (tertiary/aromatic N) is 1. The standard InChI is InChI=1S/C14H13NO2S/c1-17-12-7-11(8-15-9-12)14(16)10-3-5-13(18-2)6-4-10/h3-9H,1-2H3. The van der Waals surface area contributed by atoms with Crippen molar-refractivity contribution in [1.82, 2.24) is 4.98 Å². The number of methoxy groups -OCH3 is 1. The Hall–Kier alpha value is -1.81. The summed E-state index contributed by atoms with van der Waals surface area (Å²) in [5.41, 5.74) is 1.19. The maximum absolute atomic E-state index is 12.2. The molecule has 92 valence electrons. The predicted octanol–water partition coefficient (Wildman–Crippen LogP) is 3.04. The maximum atomic E-state index is 12.2. The number of hydrogen-bond acceptors (Lipinski definition) is 4. The molecule has 3 nitrogen and oxygen atoms in total. The SMILES string of the molecule is COc1cncc(C(=O)c2ccc(SC)cc2)c1. The number of ether oxygens (including phenoxy) is 1. The van der Waals surface area contributed by atoms with Crippen LogP contribution in [0.15, 0.2) is 47.6 Å². The molecule has 18 heavy (non-hydrogen) atoms. The van der Waals surface area contributed by atoms with Gasteiger partial charge in [-0.25, -0.2) is 0 Å². The second kappa shape index (κ2) is 5.69. The van der Waals surface area contributed by atoms with Gasteiger partial charge in [0.1, 0.15) is 5.75 Å². The van der Waals surface area contributed by atoms with Crippen molar-refractivity contribution in [3.05, 3.63) is 53.9 Å². The van der Waals surface area contributed by atoms with E-state index in [0.717, 1.165) is 4.90 Å². The van der Waals surface area contributed by atoms with Crippen LogP contribution in [-0.2, 0) is 0 Å². The van der Waals surface area contributed by atoms with E-state index in [9.17, 15) is 4.79 Å². The van der Waals surface area contributed by atoms with Gasteiger partial charge < -0.3 is 4.74 Å². The smallest absolute Gasteiger partial charge is 0.194 e. The van der Waals surface area contributed by atoms with Crippen LogP contribution in [0.5, 0.6) is 5.75 Å². The van der Waals surface area contributed by atoms with Crippen molar-refractivity contribution in [2.75, 3.05) is 13.4 Å². The molecule has 0 saturated heterocycles. The van der Waals surface area contributed by atoms with E-state index in [4.69, 9.17) is 4.74 Å². The first-order valence-electron chi connectivity index (χ1n) is 5.42. The monoisotopic (exact) mass is 259 g/mol. The summed E-state index contributed by atoms with van der Waals surface area (Å²) in [5, 5.41) is 0. The van der Waals surface area contributed by atoms with Crippen molar-refractivity contribution in [3.63, 3.8) is 0 Å². The minimum absolute atomic E-state index is 0.0472. The van der Waals surface area contributed by atoms with Gasteiger partial charge in [-0.15, -0.1) is 11.8 Å². The van der Waals surface area contributed by atoms with Crippen molar-refractivity contribution in [2.45, 2.75) is 4.90 Å².